The Morgan fingerprint density at radius 2 is 2.04 bits per heavy atom. The Kier molecular flexibility index (Phi) is 4.32. The standard InChI is InChI=1S/C15H18ClN3O4/c1-8-5-19(6-9(2)23-8)15(21)18-11-4-13-12(3-10(11)16)17-14(20)7-22-13/h3-4,8-9H,5-7H2,1-2H3,(H,17,20)(H,18,21)/t8-,9-/m0/s1. The summed E-state index contributed by atoms with van der Waals surface area (Å²) < 4.78 is 11.0. The lowest BCUT2D eigenvalue weighted by molar-refractivity contribution is -0.118. The molecule has 1 fully saturated rings. The molecule has 2 heterocycles. The first-order chi connectivity index (χ1) is 10.9. The number of rotatable bonds is 1. The molecule has 0 unspecified atom stereocenters. The molecule has 1 aromatic carbocycles. The van der Waals surface area contributed by atoms with E-state index in [4.69, 9.17) is 21.1 Å². The number of nitrogens with one attached hydrogen (secondary N) is 2. The lowest BCUT2D eigenvalue weighted by Gasteiger charge is -2.35. The third kappa shape index (κ3) is 3.51. The first-order valence-corrected chi connectivity index (χ1v) is 7.77. The number of amides is 3. The number of urea groups is 1. The number of benzene rings is 1. The Morgan fingerprint density at radius 1 is 1.35 bits per heavy atom. The highest BCUT2D eigenvalue weighted by atomic mass is 35.5. The second kappa shape index (κ2) is 6.25. The van der Waals surface area contributed by atoms with Crippen LogP contribution < -0.4 is 15.4 Å². The summed E-state index contributed by atoms with van der Waals surface area (Å²) >= 11 is 6.18. The van der Waals surface area contributed by atoms with Gasteiger partial charge >= 0.3 is 6.03 Å². The quantitative estimate of drug-likeness (QED) is 0.823. The largest absolute Gasteiger partial charge is 0.482 e. The normalized spacial score (nSPS) is 23.6. The van der Waals surface area contributed by atoms with Gasteiger partial charge < -0.3 is 25.0 Å². The minimum absolute atomic E-state index is 0.0120. The molecular formula is C15H18ClN3O4. The zero-order valence-corrected chi connectivity index (χ0v) is 13.6. The van der Waals surface area contributed by atoms with Crippen LogP contribution in [-0.4, -0.2) is 48.7 Å². The van der Waals surface area contributed by atoms with Crippen molar-refractivity contribution in [1.29, 1.82) is 0 Å². The summed E-state index contributed by atoms with van der Waals surface area (Å²) in [5, 5.41) is 5.79. The Balaban J connectivity index is 1.75. The first-order valence-electron chi connectivity index (χ1n) is 7.40. The topological polar surface area (TPSA) is 79.9 Å². The fourth-order valence-corrected chi connectivity index (χ4v) is 2.94. The van der Waals surface area contributed by atoms with E-state index in [9.17, 15) is 9.59 Å². The van der Waals surface area contributed by atoms with E-state index in [-0.39, 0.29) is 30.8 Å². The Morgan fingerprint density at radius 3 is 2.74 bits per heavy atom. The third-order valence-electron chi connectivity index (χ3n) is 3.65. The van der Waals surface area contributed by atoms with Gasteiger partial charge in [-0.2, -0.15) is 0 Å². The number of hydrogen-bond acceptors (Lipinski definition) is 4. The van der Waals surface area contributed by atoms with Gasteiger partial charge in [0, 0.05) is 19.2 Å². The average Bonchev–Trinajstić information content (AvgIpc) is 2.47. The summed E-state index contributed by atoms with van der Waals surface area (Å²) in [6.45, 7) is 4.84. The molecule has 0 saturated carbocycles. The summed E-state index contributed by atoms with van der Waals surface area (Å²) in [4.78, 5) is 25.4. The van der Waals surface area contributed by atoms with Gasteiger partial charge in [0.05, 0.1) is 28.6 Å². The van der Waals surface area contributed by atoms with Gasteiger partial charge in [-0.1, -0.05) is 11.6 Å². The SMILES string of the molecule is C[C@H]1CN(C(=O)Nc2cc3c(cc2Cl)NC(=O)CO3)C[C@H](C)O1. The molecule has 124 valence electrons. The molecule has 2 aliphatic rings. The molecule has 1 aromatic rings. The maximum Gasteiger partial charge on any atom is 0.322 e. The number of carbonyl (C=O) groups excluding carboxylic acids is 2. The summed E-state index contributed by atoms with van der Waals surface area (Å²) in [6, 6.07) is 2.94. The maximum absolute atomic E-state index is 12.4. The van der Waals surface area contributed by atoms with Crippen molar-refractivity contribution in [2.24, 2.45) is 0 Å². The van der Waals surface area contributed by atoms with E-state index in [0.29, 0.717) is 35.2 Å². The molecule has 2 N–H and O–H groups in total. The van der Waals surface area contributed by atoms with Crippen molar-refractivity contribution in [2.75, 3.05) is 30.3 Å². The lowest BCUT2D eigenvalue weighted by Crippen LogP contribution is -2.49. The van der Waals surface area contributed by atoms with Crippen LogP contribution in [0.1, 0.15) is 13.8 Å². The van der Waals surface area contributed by atoms with Crippen LogP contribution in [0.5, 0.6) is 5.75 Å². The first kappa shape index (κ1) is 15.9. The highest BCUT2D eigenvalue weighted by Gasteiger charge is 2.27. The van der Waals surface area contributed by atoms with Gasteiger partial charge in [0.2, 0.25) is 0 Å². The average molecular weight is 340 g/mol. The maximum atomic E-state index is 12.4. The highest BCUT2D eigenvalue weighted by Crippen LogP contribution is 2.36. The summed E-state index contributed by atoms with van der Waals surface area (Å²) in [6.07, 6.45) is -0.0240. The van der Waals surface area contributed by atoms with Crippen LogP contribution in [0.4, 0.5) is 16.2 Å². The van der Waals surface area contributed by atoms with Gasteiger partial charge in [-0.25, -0.2) is 4.79 Å². The van der Waals surface area contributed by atoms with Crippen LogP contribution in [0, 0.1) is 0 Å². The van der Waals surface area contributed by atoms with E-state index in [1.807, 2.05) is 13.8 Å². The number of ether oxygens (including phenoxy) is 2. The molecule has 7 nitrogen and oxygen atoms in total. The molecule has 3 amide bonds. The van der Waals surface area contributed by atoms with Crippen molar-refractivity contribution in [2.45, 2.75) is 26.1 Å². The van der Waals surface area contributed by atoms with Crippen LogP contribution in [0.15, 0.2) is 12.1 Å². The zero-order valence-electron chi connectivity index (χ0n) is 12.9. The molecule has 1 saturated heterocycles. The molecule has 2 atom stereocenters. The van der Waals surface area contributed by atoms with Crippen molar-refractivity contribution >= 4 is 34.9 Å². The van der Waals surface area contributed by atoms with E-state index >= 15 is 0 Å². The van der Waals surface area contributed by atoms with Crippen LogP contribution in [0.25, 0.3) is 0 Å². The number of nitrogens with zero attached hydrogens (tertiary/aromatic N) is 1. The third-order valence-corrected chi connectivity index (χ3v) is 3.96. The van der Waals surface area contributed by atoms with E-state index in [1.165, 1.54) is 0 Å². The molecular weight excluding hydrogens is 322 g/mol. The van der Waals surface area contributed by atoms with Crippen molar-refractivity contribution in [3.05, 3.63) is 17.2 Å². The van der Waals surface area contributed by atoms with Crippen molar-refractivity contribution in [3.63, 3.8) is 0 Å². The number of carbonyl (C=O) groups is 2. The number of hydrogen-bond donors (Lipinski definition) is 2. The molecule has 0 aromatic heterocycles. The van der Waals surface area contributed by atoms with Crippen molar-refractivity contribution in [3.8, 4) is 5.75 Å². The Hall–Kier alpha value is -1.99. The second-order valence-electron chi connectivity index (χ2n) is 5.76. The predicted molar refractivity (Wildman–Crippen MR) is 86.2 cm³/mol. The molecule has 3 rings (SSSR count). The monoisotopic (exact) mass is 339 g/mol. The number of morpholine rings is 1. The zero-order chi connectivity index (χ0) is 16.6. The second-order valence-corrected chi connectivity index (χ2v) is 6.16. The predicted octanol–water partition coefficient (Wildman–Crippen LogP) is 2.31. The van der Waals surface area contributed by atoms with Gasteiger partial charge in [-0.3, -0.25) is 4.79 Å². The molecule has 2 aliphatic heterocycles. The highest BCUT2D eigenvalue weighted by molar-refractivity contribution is 6.34. The van der Waals surface area contributed by atoms with E-state index in [1.54, 1.807) is 17.0 Å². The fourth-order valence-electron chi connectivity index (χ4n) is 2.73. The number of anilines is 2. The molecule has 8 heteroatoms. The van der Waals surface area contributed by atoms with Gasteiger partial charge in [-0.05, 0) is 19.9 Å². The molecule has 0 aliphatic carbocycles. The summed E-state index contributed by atoms with van der Waals surface area (Å²) in [5.41, 5.74) is 0.941. The van der Waals surface area contributed by atoms with Crippen LogP contribution in [0.3, 0.4) is 0 Å². The number of halogens is 1. The van der Waals surface area contributed by atoms with Gasteiger partial charge in [-0.15, -0.1) is 0 Å². The minimum Gasteiger partial charge on any atom is -0.482 e. The van der Waals surface area contributed by atoms with Gasteiger partial charge in [0.15, 0.2) is 6.61 Å². The van der Waals surface area contributed by atoms with Crippen molar-refractivity contribution < 1.29 is 19.1 Å². The molecule has 0 spiro atoms. The molecule has 0 radical (unpaired) electrons. The minimum atomic E-state index is -0.242. The number of fused-ring (bicyclic) bond motifs is 1. The van der Waals surface area contributed by atoms with Gasteiger partial charge in [0.1, 0.15) is 5.75 Å². The van der Waals surface area contributed by atoms with Crippen molar-refractivity contribution in [1.82, 2.24) is 4.90 Å². The molecule has 23 heavy (non-hydrogen) atoms. The van der Waals surface area contributed by atoms with E-state index in [0.717, 1.165) is 0 Å². The molecule has 0 bridgehead atoms. The summed E-state index contributed by atoms with van der Waals surface area (Å²) in [5.74, 6) is 0.245. The van der Waals surface area contributed by atoms with E-state index in [2.05, 4.69) is 10.6 Å². The van der Waals surface area contributed by atoms with Crippen LogP contribution >= 0.6 is 11.6 Å². The lowest BCUT2D eigenvalue weighted by atomic mass is 10.2. The smallest absolute Gasteiger partial charge is 0.322 e. The Bertz CT molecular complexity index is 642. The fraction of sp³-hybridized carbons (Fsp3) is 0.467. The Labute approximate surface area is 138 Å². The summed E-state index contributed by atoms with van der Waals surface area (Å²) in [7, 11) is 0. The van der Waals surface area contributed by atoms with E-state index < -0.39 is 0 Å². The van der Waals surface area contributed by atoms with Gasteiger partial charge in [0.25, 0.3) is 5.91 Å². The van der Waals surface area contributed by atoms with Crippen LogP contribution in [-0.2, 0) is 9.53 Å². The van der Waals surface area contributed by atoms with Crippen LogP contribution in [0.2, 0.25) is 5.02 Å².